The zero-order valence-corrected chi connectivity index (χ0v) is 13.2. The molecule has 0 spiro atoms. The number of carbonyl (C=O) groups excluding carboxylic acids is 2. The Bertz CT molecular complexity index is 565. The van der Waals surface area contributed by atoms with Gasteiger partial charge in [0.05, 0.1) is 17.6 Å². The van der Waals surface area contributed by atoms with Gasteiger partial charge in [0.15, 0.2) is 0 Å². The van der Waals surface area contributed by atoms with Crippen LogP contribution in [-0.4, -0.2) is 37.5 Å². The van der Waals surface area contributed by atoms with Gasteiger partial charge in [0.2, 0.25) is 5.91 Å². The van der Waals surface area contributed by atoms with E-state index in [1.54, 1.807) is 14.0 Å². The first-order valence-electron chi connectivity index (χ1n) is 6.22. The molecule has 0 saturated heterocycles. The van der Waals surface area contributed by atoms with E-state index >= 15 is 0 Å². The Morgan fingerprint density at radius 2 is 2.00 bits per heavy atom. The normalized spacial score (nSPS) is 11.0. The number of nitro benzene ring substituents is 1. The number of hydrogen-bond acceptors (Lipinski definition) is 6. The molecule has 2 N–H and O–H groups in total. The fourth-order valence-corrected chi connectivity index (χ4v) is 1.69. The molecule has 0 radical (unpaired) electrons. The molecule has 1 amide bonds. The molecule has 0 aliphatic heterocycles. The number of ether oxygens (including phenoxy) is 1. The van der Waals surface area contributed by atoms with Gasteiger partial charge in [-0.05, 0) is 13.1 Å². The average molecular weight is 332 g/mol. The number of anilines is 1. The van der Waals surface area contributed by atoms with E-state index in [1.165, 1.54) is 19.2 Å². The fraction of sp³-hybridized carbons (Fsp3) is 0.385. The summed E-state index contributed by atoms with van der Waals surface area (Å²) in [6, 6.07) is 3.62. The lowest BCUT2D eigenvalue weighted by Crippen LogP contribution is -2.28. The van der Waals surface area contributed by atoms with Crippen molar-refractivity contribution >= 4 is 35.7 Å². The number of halogens is 1. The molecule has 0 saturated carbocycles. The number of hydrogen-bond donors (Lipinski definition) is 2. The average Bonchev–Trinajstić information content (AvgIpc) is 2.46. The molecule has 1 unspecified atom stereocenters. The number of methoxy groups -OCH3 is 1. The minimum atomic E-state index is -0.711. The first-order chi connectivity index (χ1) is 9.88. The summed E-state index contributed by atoms with van der Waals surface area (Å²) in [6.07, 6.45) is 0. The van der Waals surface area contributed by atoms with Crippen LogP contribution in [0, 0.1) is 16.0 Å². The second-order valence-corrected chi connectivity index (χ2v) is 4.47. The van der Waals surface area contributed by atoms with Crippen LogP contribution in [0.1, 0.15) is 17.3 Å². The Hall–Kier alpha value is -2.19. The smallest absolute Gasteiger partial charge is 0.338 e. The summed E-state index contributed by atoms with van der Waals surface area (Å²) in [6.45, 7) is 2.18. The van der Waals surface area contributed by atoms with Crippen LogP contribution < -0.4 is 10.6 Å². The molecule has 0 heterocycles. The maximum atomic E-state index is 11.9. The SMILES string of the molecule is CNCC(C)C(=O)Nc1cc(C(=O)OC)cc([N+](=O)[O-])c1.Cl. The first-order valence-corrected chi connectivity index (χ1v) is 6.22. The summed E-state index contributed by atoms with van der Waals surface area (Å²) < 4.78 is 4.53. The van der Waals surface area contributed by atoms with Crippen LogP contribution in [0.5, 0.6) is 0 Å². The summed E-state index contributed by atoms with van der Waals surface area (Å²) in [5.41, 5.74) is -0.115. The minimum Gasteiger partial charge on any atom is -0.465 e. The van der Waals surface area contributed by atoms with E-state index in [9.17, 15) is 19.7 Å². The van der Waals surface area contributed by atoms with Gasteiger partial charge in [-0.3, -0.25) is 14.9 Å². The molecule has 1 aromatic rings. The molecular weight excluding hydrogens is 314 g/mol. The van der Waals surface area contributed by atoms with Gasteiger partial charge in [-0.15, -0.1) is 12.4 Å². The highest BCUT2D eigenvalue weighted by molar-refractivity contribution is 5.96. The van der Waals surface area contributed by atoms with E-state index < -0.39 is 10.9 Å². The minimum absolute atomic E-state index is 0. The van der Waals surface area contributed by atoms with Crippen LogP contribution in [0.25, 0.3) is 0 Å². The highest BCUT2D eigenvalue weighted by atomic mass is 35.5. The molecular formula is C13H18ClN3O5. The number of carbonyl (C=O) groups is 2. The molecule has 0 bridgehead atoms. The highest BCUT2D eigenvalue weighted by Crippen LogP contribution is 2.22. The topological polar surface area (TPSA) is 111 Å². The van der Waals surface area contributed by atoms with Crippen LogP contribution in [0.3, 0.4) is 0 Å². The van der Waals surface area contributed by atoms with Gasteiger partial charge < -0.3 is 15.4 Å². The molecule has 0 fully saturated rings. The Morgan fingerprint density at radius 1 is 1.36 bits per heavy atom. The summed E-state index contributed by atoms with van der Waals surface area (Å²) in [5.74, 6) is -1.34. The molecule has 22 heavy (non-hydrogen) atoms. The molecule has 1 aromatic carbocycles. The van der Waals surface area contributed by atoms with Crippen molar-refractivity contribution in [1.82, 2.24) is 5.32 Å². The van der Waals surface area contributed by atoms with Crippen molar-refractivity contribution in [3.05, 3.63) is 33.9 Å². The van der Waals surface area contributed by atoms with Crippen molar-refractivity contribution in [2.24, 2.45) is 5.92 Å². The molecule has 9 heteroatoms. The zero-order chi connectivity index (χ0) is 16.0. The van der Waals surface area contributed by atoms with Crippen LogP contribution in [0.4, 0.5) is 11.4 Å². The van der Waals surface area contributed by atoms with E-state index in [0.29, 0.717) is 6.54 Å². The zero-order valence-electron chi connectivity index (χ0n) is 12.4. The summed E-state index contributed by atoms with van der Waals surface area (Å²) in [5, 5.41) is 16.3. The van der Waals surface area contributed by atoms with Crippen LogP contribution in [-0.2, 0) is 9.53 Å². The predicted molar refractivity (Wildman–Crippen MR) is 83.4 cm³/mol. The largest absolute Gasteiger partial charge is 0.465 e. The number of amides is 1. The van der Waals surface area contributed by atoms with Crippen LogP contribution >= 0.6 is 12.4 Å². The molecule has 8 nitrogen and oxygen atoms in total. The second kappa shape index (κ2) is 8.96. The second-order valence-electron chi connectivity index (χ2n) is 4.47. The molecule has 1 atom stereocenters. The number of nitrogens with zero attached hydrogens (tertiary/aromatic N) is 1. The van der Waals surface area contributed by atoms with E-state index in [2.05, 4.69) is 15.4 Å². The third kappa shape index (κ3) is 5.30. The quantitative estimate of drug-likeness (QED) is 0.465. The lowest BCUT2D eigenvalue weighted by Gasteiger charge is -2.12. The van der Waals surface area contributed by atoms with Crippen molar-refractivity contribution in [3.63, 3.8) is 0 Å². The van der Waals surface area contributed by atoms with Gasteiger partial charge >= 0.3 is 5.97 Å². The Labute approximate surface area is 133 Å². The van der Waals surface area contributed by atoms with Crippen molar-refractivity contribution in [3.8, 4) is 0 Å². The third-order valence-electron chi connectivity index (χ3n) is 2.78. The number of non-ortho nitro benzene ring substituents is 1. The first kappa shape index (κ1) is 19.8. The maximum absolute atomic E-state index is 11.9. The Kier molecular flexibility index (Phi) is 8.06. The monoisotopic (exact) mass is 331 g/mol. The van der Waals surface area contributed by atoms with Gasteiger partial charge in [0.25, 0.3) is 5.69 Å². The number of esters is 1. The molecule has 0 aromatic heterocycles. The van der Waals surface area contributed by atoms with Crippen molar-refractivity contribution < 1.29 is 19.2 Å². The molecule has 122 valence electrons. The standard InChI is InChI=1S/C13H17N3O5.ClH/c1-8(7-14-2)12(17)15-10-4-9(13(18)21-3)5-11(6-10)16(19)20;/h4-6,8,14H,7H2,1-3H3,(H,15,17);1H. The fourth-order valence-electron chi connectivity index (χ4n) is 1.69. The van der Waals surface area contributed by atoms with Gasteiger partial charge in [0.1, 0.15) is 0 Å². The maximum Gasteiger partial charge on any atom is 0.338 e. The number of rotatable bonds is 6. The molecule has 0 aliphatic carbocycles. The number of nitro groups is 1. The molecule has 1 rings (SSSR count). The van der Waals surface area contributed by atoms with Gasteiger partial charge in [-0.2, -0.15) is 0 Å². The summed E-state index contributed by atoms with van der Waals surface area (Å²) in [7, 11) is 2.89. The van der Waals surface area contributed by atoms with E-state index in [4.69, 9.17) is 0 Å². The van der Waals surface area contributed by atoms with Crippen LogP contribution in [0.2, 0.25) is 0 Å². The highest BCUT2D eigenvalue weighted by Gasteiger charge is 2.18. The van der Waals surface area contributed by atoms with E-state index in [0.717, 1.165) is 6.07 Å². The lowest BCUT2D eigenvalue weighted by molar-refractivity contribution is -0.384. The van der Waals surface area contributed by atoms with Crippen LogP contribution in [0.15, 0.2) is 18.2 Å². The lowest BCUT2D eigenvalue weighted by atomic mass is 10.1. The molecule has 0 aliphatic rings. The van der Waals surface area contributed by atoms with Crippen molar-refractivity contribution in [2.45, 2.75) is 6.92 Å². The number of nitrogens with one attached hydrogen (secondary N) is 2. The third-order valence-corrected chi connectivity index (χ3v) is 2.78. The van der Waals surface area contributed by atoms with Crippen molar-refractivity contribution in [1.29, 1.82) is 0 Å². The van der Waals surface area contributed by atoms with E-state index in [-0.39, 0.29) is 41.2 Å². The van der Waals surface area contributed by atoms with Gasteiger partial charge in [-0.25, -0.2) is 4.79 Å². The van der Waals surface area contributed by atoms with Gasteiger partial charge in [-0.1, -0.05) is 6.92 Å². The Morgan fingerprint density at radius 3 is 2.50 bits per heavy atom. The summed E-state index contributed by atoms with van der Waals surface area (Å²) in [4.78, 5) is 33.6. The predicted octanol–water partition coefficient (Wildman–Crippen LogP) is 1.60. The van der Waals surface area contributed by atoms with E-state index in [1.807, 2.05) is 0 Å². The van der Waals surface area contributed by atoms with Gasteiger partial charge in [0, 0.05) is 30.3 Å². The Balaban J connectivity index is 0.00000441. The summed E-state index contributed by atoms with van der Waals surface area (Å²) >= 11 is 0. The van der Waals surface area contributed by atoms with Crippen molar-refractivity contribution in [2.75, 3.05) is 26.0 Å². The number of benzene rings is 1.